The minimum Gasteiger partial charge on any atom is -0.462 e. The first-order chi connectivity index (χ1) is 30.8. The van der Waals surface area contributed by atoms with Crippen molar-refractivity contribution in [3.63, 3.8) is 0 Å². The predicted octanol–water partition coefficient (Wildman–Crippen LogP) is 11.3. The number of unbranched alkanes of at least 4 members (excludes halogenated alkanes) is 13. The highest BCUT2D eigenvalue weighted by Gasteiger charge is 2.28. The van der Waals surface area contributed by atoms with Gasteiger partial charge in [0.05, 0.1) is 25.9 Å². The van der Waals surface area contributed by atoms with Crippen LogP contribution >= 0.6 is 15.6 Å². The zero-order valence-electron chi connectivity index (χ0n) is 38.7. The van der Waals surface area contributed by atoms with Crippen molar-refractivity contribution in [3.05, 3.63) is 85.1 Å². The molecular weight excluding hydrogens is 862 g/mol. The quantitative estimate of drug-likeness (QED) is 0.0126. The first-order valence-electron chi connectivity index (χ1n) is 23.4. The number of carbonyl (C=O) groups excluding carboxylic acids is 2. The van der Waals surface area contributed by atoms with Crippen molar-refractivity contribution in [2.45, 2.75) is 180 Å². The zero-order valence-corrected chi connectivity index (χ0v) is 40.5. The second-order valence-corrected chi connectivity index (χ2v) is 18.2. The number of allylic oxidation sites excluding steroid dienone is 12. The van der Waals surface area contributed by atoms with Crippen LogP contribution in [0.3, 0.4) is 0 Å². The summed E-state index contributed by atoms with van der Waals surface area (Å²) in [7, 11) is -9.73. The van der Waals surface area contributed by atoms with E-state index in [1.54, 1.807) is 6.08 Å². The molecule has 0 saturated carbocycles. The molecule has 5 N–H and O–H groups in total. The lowest BCUT2D eigenvalue weighted by atomic mass is 10.1. The number of phosphoric ester groups is 2. The van der Waals surface area contributed by atoms with Crippen LogP contribution in [0.15, 0.2) is 85.1 Å². The standard InChI is InChI=1S/C48H82O14P2/c1-3-5-7-8-9-10-11-12-13-14-15-18-21-24-27-30-34-38-47(51)58-42-46(43-61-64(56,57)60-41-45(50)40-59-63(53,54)55)62-48(52)39-35-31-28-25-22-19-16-17-20-23-26-29-33-37-44(49)36-32-6-4-2/h6,12-13,17,19-20,22,26,28-29,31-33,37,44-46,49-50H,3-5,7-11,14-16,18,21,23-25,27,30,34-36,38-43H2,1-2H3,(H,56,57)(H2,53,54,55)/b13-12-,20-17-,22-19-,29-26+,31-28-,32-6-,37-33+/t44?,45-,46+/m0/s1. The number of hydrogen-bond acceptors (Lipinski definition) is 11. The van der Waals surface area contributed by atoms with Crippen molar-refractivity contribution in [1.82, 2.24) is 0 Å². The van der Waals surface area contributed by atoms with Crippen molar-refractivity contribution in [1.29, 1.82) is 0 Å². The van der Waals surface area contributed by atoms with Gasteiger partial charge in [-0.2, -0.15) is 0 Å². The molecule has 0 aromatic heterocycles. The Bertz CT molecular complexity index is 1470. The highest BCUT2D eigenvalue weighted by atomic mass is 31.2. The maximum absolute atomic E-state index is 12.7. The Hall–Kier alpha value is -2.74. The smallest absolute Gasteiger partial charge is 0.462 e. The molecule has 0 amide bonds. The average Bonchev–Trinajstić information content (AvgIpc) is 3.25. The van der Waals surface area contributed by atoms with Gasteiger partial charge in [-0.05, 0) is 70.6 Å². The third-order valence-electron chi connectivity index (χ3n) is 9.35. The number of phosphoric acid groups is 2. The molecule has 16 heteroatoms. The largest absolute Gasteiger partial charge is 0.472 e. The molecule has 0 aromatic carbocycles. The topological polar surface area (TPSA) is 216 Å². The van der Waals surface area contributed by atoms with Gasteiger partial charge >= 0.3 is 27.6 Å². The Morgan fingerprint density at radius 2 is 1.06 bits per heavy atom. The number of aliphatic hydroxyl groups is 2. The summed E-state index contributed by atoms with van der Waals surface area (Å²) in [6.45, 7) is 1.45. The number of carbonyl (C=O) groups is 2. The molecule has 14 nitrogen and oxygen atoms in total. The summed E-state index contributed by atoms with van der Waals surface area (Å²) in [6, 6.07) is 0. The fourth-order valence-corrected chi connectivity index (χ4v) is 6.96. The van der Waals surface area contributed by atoms with Crippen molar-refractivity contribution in [2.75, 3.05) is 26.4 Å². The Morgan fingerprint density at radius 3 is 1.67 bits per heavy atom. The van der Waals surface area contributed by atoms with E-state index in [-0.39, 0.29) is 12.8 Å². The van der Waals surface area contributed by atoms with Crippen molar-refractivity contribution < 1.29 is 66.7 Å². The normalized spacial score (nSPS) is 15.2. The molecule has 64 heavy (non-hydrogen) atoms. The SMILES string of the molecule is CC/C=C\CC(O)/C=C/C=C/C/C=C\C/C=C\C/C=C\CCC(=O)O[C@H](COC(=O)CCCCCCCCC/C=C\CCCCCCCC)COP(=O)(O)OC[C@@H](O)COP(=O)(O)O. The fraction of sp³-hybridized carbons (Fsp3) is 0.667. The predicted molar refractivity (Wildman–Crippen MR) is 254 cm³/mol. The monoisotopic (exact) mass is 945 g/mol. The molecule has 0 bridgehead atoms. The van der Waals surface area contributed by atoms with Gasteiger partial charge in [0.25, 0.3) is 0 Å². The molecule has 0 aliphatic rings. The molecule has 0 aromatic rings. The summed E-state index contributed by atoms with van der Waals surface area (Å²) in [5.41, 5.74) is 0. The highest BCUT2D eigenvalue weighted by Crippen LogP contribution is 2.43. The number of aliphatic hydroxyl groups excluding tert-OH is 2. The highest BCUT2D eigenvalue weighted by molar-refractivity contribution is 7.47. The minimum absolute atomic E-state index is 0.0139. The van der Waals surface area contributed by atoms with Crippen molar-refractivity contribution >= 4 is 27.6 Å². The average molecular weight is 945 g/mol. The molecule has 0 spiro atoms. The van der Waals surface area contributed by atoms with Gasteiger partial charge < -0.3 is 34.4 Å². The lowest BCUT2D eigenvalue weighted by Crippen LogP contribution is -2.29. The van der Waals surface area contributed by atoms with Gasteiger partial charge in [-0.1, -0.05) is 163 Å². The van der Waals surface area contributed by atoms with Gasteiger partial charge in [-0.3, -0.25) is 23.2 Å². The van der Waals surface area contributed by atoms with Crippen LogP contribution in [0.2, 0.25) is 0 Å². The summed E-state index contributed by atoms with van der Waals surface area (Å²) in [5.74, 6) is -1.16. The fourth-order valence-electron chi connectivity index (χ4n) is 5.81. The summed E-state index contributed by atoms with van der Waals surface area (Å²) < 4.78 is 47.7. The van der Waals surface area contributed by atoms with E-state index in [4.69, 9.17) is 23.8 Å². The van der Waals surface area contributed by atoms with Crippen LogP contribution in [0.1, 0.15) is 162 Å². The van der Waals surface area contributed by atoms with Gasteiger partial charge in [0.2, 0.25) is 0 Å². The third kappa shape index (κ3) is 45.8. The Morgan fingerprint density at radius 1 is 0.531 bits per heavy atom. The van der Waals surface area contributed by atoms with E-state index >= 15 is 0 Å². The van der Waals surface area contributed by atoms with Gasteiger partial charge in [-0.15, -0.1) is 0 Å². The van der Waals surface area contributed by atoms with E-state index < -0.39 is 72.3 Å². The molecule has 4 atom stereocenters. The molecule has 0 aliphatic carbocycles. The van der Waals surface area contributed by atoms with E-state index in [1.165, 1.54) is 57.8 Å². The Labute approximate surface area is 384 Å². The van der Waals surface area contributed by atoms with Gasteiger partial charge in [0.1, 0.15) is 12.7 Å². The van der Waals surface area contributed by atoms with Crippen molar-refractivity contribution in [3.8, 4) is 0 Å². The van der Waals surface area contributed by atoms with E-state index in [0.717, 1.165) is 51.4 Å². The summed E-state index contributed by atoms with van der Waals surface area (Å²) in [6.07, 6.45) is 46.3. The van der Waals surface area contributed by atoms with Crippen LogP contribution in [-0.4, -0.2) is 81.6 Å². The van der Waals surface area contributed by atoms with Crippen LogP contribution in [0.25, 0.3) is 0 Å². The second kappa shape index (κ2) is 42.9. The van der Waals surface area contributed by atoms with Crippen LogP contribution in [0, 0.1) is 0 Å². The Balaban J connectivity index is 4.65. The number of esters is 2. The molecule has 368 valence electrons. The van der Waals surface area contributed by atoms with E-state index in [1.807, 2.05) is 54.7 Å². The lowest BCUT2D eigenvalue weighted by molar-refractivity contribution is -0.161. The molecule has 0 rings (SSSR count). The van der Waals surface area contributed by atoms with Gasteiger partial charge in [0, 0.05) is 12.8 Å². The molecule has 0 saturated heterocycles. The lowest BCUT2D eigenvalue weighted by Gasteiger charge is -2.20. The number of hydrogen-bond donors (Lipinski definition) is 5. The molecule has 2 unspecified atom stereocenters. The van der Waals surface area contributed by atoms with Crippen molar-refractivity contribution in [2.24, 2.45) is 0 Å². The van der Waals surface area contributed by atoms with Crippen LogP contribution in [0.5, 0.6) is 0 Å². The minimum atomic E-state index is -4.88. The molecule has 0 fully saturated rings. The van der Waals surface area contributed by atoms with Crippen LogP contribution in [0.4, 0.5) is 0 Å². The summed E-state index contributed by atoms with van der Waals surface area (Å²) >= 11 is 0. The summed E-state index contributed by atoms with van der Waals surface area (Å²) in [4.78, 5) is 52.8. The Kier molecular flexibility index (Phi) is 41.0. The van der Waals surface area contributed by atoms with E-state index in [2.05, 4.69) is 47.2 Å². The first kappa shape index (κ1) is 61.3. The number of ether oxygens (including phenoxy) is 2. The number of rotatable bonds is 43. The first-order valence-corrected chi connectivity index (χ1v) is 26.4. The molecule has 0 aliphatic heterocycles. The second-order valence-electron chi connectivity index (χ2n) is 15.5. The molecule has 0 heterocycles. The van der Waals surface area contributed by atoms with Crippen LogP contribution < -0.4 is 0 Å². The van der Waals surface area contributed by atoms with E-state index in [9.17, 15) is 33.8 Å². The third-order valence-corrected chi connectivity index (χ3v) is 10.8. The summed E-state index contributed by atoms with van der Waals surface area (Å²) in [5, 5.41) is 19.6. The van der Waals surface area contributed by atoms with Gasteiger partial charge in [0.15, 0.2) is 6.10 Å². The zero-order chi connectivity index (χ0) is 47.4. The van der Waals surface area contributed by atoms with E-state index in [0.29, 0.717) is 25.7 Å². The maximum Gasteiger partial charge on any atom is 0.472 e. The molecular formula is C48H82O14P2. The maximum atomic E-state index is 12.7. The molecule has 0 radical (unpaired) electrons. The van der Waals surface area contributed by atoms with Crippen LogP contribution in [-0.2, 0) is 41.8 Å². The van der Waals surface area contributed by atoms with Gasteiger partial charge in [-0.25, -0.2) is 9.13 Å².